The van der Waals surface area contributed by atoms with Gasteiger partial charge in [0.2, 0.25) is 0 Å². The summed E-state index contributed by atoms with van der Waals surface area (Å²) in [5, 5.41) is 0. The first-order valence-corrected chi connectivity index (χ1v) is 8.05. The smallest absolute Gasteiger partial charge is 0.132 e. The molecule has 110 valence electrons. The number of rotatable bonds is 4. The highest BCUT2D eigenvalue weighted by molar-refractivity contribution is 5.06. The molecule has 0 radical (unpaired) electrons. The Morgan fingerprint density at radius 3 is 2.40 bits per heavy atom. The van der Waals surface area contributed by atoms with Crippen LogP contribution in [-0.2, 0) is 11.3 Å². The van der Waals surface area contributed by atoms with Gasteiger partial charge in [-0.05, 0) is 63.2 Å². The van der Waals surface area contributed by atoms with Crippen molar-refractivity contribution in [2.75, 3.05) is 0 Å². The van der Waals surface area contributed by atoms with Crippen LogP contribution in [0.3, 0.4) is 0 Å². The lowest BCUT2D eigenvalue weighted by atomic mass is 9.54. The molecular weight excluding hydrogens is 250 g/mol. The van der Waals surface area contributed by atoms with Crippen molar-refractivity contribution >= 4 is 0 Å². The van der Waals surface area contributed by atoms with Crippen LogP contribution in [0.2, 0.25) is 0 Å². The molecule has 0 aliphatic heterocycles. The van der Waals surface area contributed by atoms with Gasteiger partial charge in [-0.2, -0.15) is 0 Å². The predicted molar refractivity (Wildman–Crippen MR) is 76.9 cm³/mol. The Balaban J connectivity index is 1.43. The first-order valence-electron chi connectivity index (χ1n) is 8.05. The average Bonchev–Trinajstić information content (AvgIpc) is 2.84. The van der Waals surface area contributed by atoms with Crippen LogP contribution in [-0.4, -0.2) is 15.6 Å². The van der Waals surface area contributed by atoms with Gasteiger partial charge in [0.15, 0.2) is 0 Å². The van der Waals surface area contributed by atoms with Crippen molar-refractivity contribution in [2.24, 2.45) is 23.5 Å². The normalized spacial score (nSPS) is 40.2. The van der Waals surface area contributed by atoms with E-state index in [2.05, 4.69) is 9.97 Å². The van der Waals surface area contributed by atoms with Gasteiger partial charge in [-0.15, -0.1) is 0 Å². The van der Waals surface area contributed by atoms with E-state index in [1.54, 1.807) is 0 Å². The molecule has 5 rings (SSSR count). The zero-order valence-corrected chi connectivity index (χ0v) is 12.3. The van der Waals surface area contributed by atoms with Crippen LogP contribution in [0.1, 0.15) is 63.0 Å². The van der Waals surface area contributed by atoms with E-state index < -0.39 is 0 Å². The minimum atomic E-state index is 0.01000. The SMILES string of the molecule is CC(N)c1cnc(COC23CC4CC(CC(C4)C2)C3)[nH]1. The van der Waals surface area contributed by atoms with E-state index in [9.17, 15) is 0 Å². The number of aromatic amines is 1. The van der Waals surface area contributed by atoms with Crippen LogP contribution in [0.4, 0.5) is 0 Å². The van der Waals surface area contributed by atoms with E-state index in [1.165, 1.54) is 38.5 Å². The van der Waals surface area contributed by atoms with Crippen LogP contribution in [0.25, 0.3) is 0 Å². The van der Waals surface area contributed by atoms with Crippen molar-refractivity contribution < 1.29 is 4.74 Å². The molecule has 0 saturated heterocycles. The fourth-order valence-electron chi connectivity index (χ4n) is 5.11. The molecule has 4 fully saturated rings. The van der Waals surface area contributed by atoms with Crippen LogP contribution in [0, 0.1) is 17.8 Å². The zero-order chi connectivity index (χ0) is 13.7. The van der Waals surface area contributed by atoms with Gasteiger partial charge < -0.3 is 15.5 Å². The summed E-state index contributed by atoms with van der Waals surface area (Å²) in [5.41, 5.74) is 7.01. The third-order valence-electron chi connectivity index (χ3n) is 5.64. The second-order valence-corrected chi connectivity index (χ2v) is 7.46. The van der Waals surface area contributed by atoms with Crippen LogP contribution in [0.5, 0.6) is 0 Å². The second-order valence-electron chi connectivity index (χ2n) is 7.46. The lowest BCUT2D eigenvalue weighted by Gasteiger charge is -2.56. The summed E-state index contributed by atoms with van der Waals surface area (Å²) in [6.07, 6.45) is 10.0. The first kappa shape index (κ1) is 12.8. The molecule has 4 heteroatoms. The number of hydrogen-bond donors (Lipinski definition) is 2. The number of H-pyrrole nitrogens is 1. The molecule has 0 aromatic carbocycles. The molecule has 1 aromatic rings. The zero-order valence-electron chi connectivity index (χ0n) is 12.3. The molecular formula is C16H25N3O. The van der Waals surface area contributed by atoms with Gasteiger partial charge in [-0.1, -0.05) is 0 Å². The highest BCUT2D eigenvalue weighted by Crippen LogP contribution is 2.57. The van der Waals surface area contributed by atoms with E-state index in [0.29, 0.717) is 6.61 Å². The maximum absolute atomic E-state index is 6.39. The molecule has 0 spiro atoms. The standard InChI is InChI=1S/C16H25N3O/c1-10(17)14-8-18-15(19-14)9-20-16-5-11-2-12(6-16)4-13(3-11)7-16/h8,10-13H,2-7,9,17H2,1H3,(H,18,19). The lowest BCUT2D eigenvalue weighted by molar-refractivity contribution is -0.169. The van der Waals surface area contributed by atoms with Crippen molar-refractivity contribution in [2.45, 2.75) is 63.7 Å². The molecule has 1 heterocycles. The molecule has 20 heavy (non-hydrogen) atoms. The lowest BCUT2D eigenvalue weighted by Crippen LogP contribution is -2.51. The fraction of sp³-hybridized carbons (Fsp3) is 0.812. The van der Waals surface area contributed by atoms with Gasteiger partial charge in [-0.25, -0.2) is 4.98 Å². The summed E-state index contributed by atoms with van der Waals surface area (Å²) in [6, 6.07) is 0.01000. The highest BCUT2D eigenvalue weighted by atomic mass is 16.5. The monoisotopic (exact) mass is 275 g/mol. The largest absolute Gasteiger partial charge is 0.367 e. The summed E-state index contributed by atoms with van der Waals surface area (Å²) >= 11 is 0. The molecule has 1 unspecified atom stereocenters. The number of nitrogens with zero attached hydrogens (tertiary/aromatic N) is 1. The summed E-state index contributed by atoms with van der Waals surface area (Å²) < 4.78 is 6.39. The van der Waals surface area contributed by atoms with Crippen LogP contribution in [0.15, 0.2) is 6.20 Å². The summed E-state index contributed by atoms with van der Waals surface area (Å²) in [4.78, 5) is 7.68. The van der Waals surface area contributed by atoms with Crippen molar-refractivity contribution in [1.82, 2.24) is 9.97 Å². The molecule has 4 saturated carbocycles. The minimum absolute atomic E-state index is 0.01000. The Morgan fingerprint density at radius 1 is 1.30 bits per heavy atom. The Bertz CT molecular complexity index is 458. The topological polar surface area (TPSA) is 63.9 Å². The molecule has 4 bridgehead atoms. The number of nitrogens with two attached hydrogens (primary N) is 1. The van der Waals surface area contributed by atoms with E-state index in [0.717, 1.165) is 29.3 Å². The van der Waals surface area contributed by atoms with Gasteiger partial charge in [0.1, 0.15) is 12.4 Å². The molecule has 4 aliphatic carbocycles. The predicted octanol–water partition coefficient (Wildman–Crippen LogP) is 2.91. The Morgan fingerprint density at radius 2 is 1.90 bits per heavy atom. The minimum Gasteiger partial charge on any atom is -0.367 e. The quantitative estimate of drug-likeness (QED) is 0.888. The third kappa shape index (κ3) is 2.19. The van der Waals surface area contributed by atoms with E-state index in [-0.39, 0.29) is 11.6 Å². The van der Waals surface area contributed by atoms with E-state index in [1.807, 2.05) is 13.1 Å². The van der Waals surface area contributed by atoms with Gasteiger partial charge in [0.05, 0.1) is 11.3 Å². The second kappa shape index (κ2) is 4.57. The number of nitrogens with one attached hydrogen (secondary N) is 1. The van der Waals surface area contributed by atoms with Crippen molar-refractivity contribution in [3.63, 3.8) is 0 Å². The van der Waals surface area contributed by atoms with Gasteiger partial charge in [0, 0.05) is 12.2 Å². The molecule has 0 amide bonds. The summed E-state index contributed by atoms with van der Waals surface area (Å²) in [7, 11) is 0. The van der Waals surface area contributed by atoms with Crippen LogP contribution >= 0.6 is 0 Å². The third-order valence-corrected chi connectivity index (χ3v) is 5.64. The average molecular weight is 275 g/mol. The van der Waals surface area contributed by atoms with Crippen molar-refractivity contribution in [3.05, 3.63) is 17.7 Å². The molecule has 4 nitrogen and oxygen atoms in total. The summed E-state index contributed by atoms with van der Waals surface area (Å²) in [5.74, 6) is 3.71. The van der Waals surface area contributed by atoms with Crippen LogP contribution < -0.4 is 5.73 Å². The maximum atomic E-state index is 6.39. The number of aromatic nitrogens is 2. The maximum Gasteiger partial charge on any atom is 0.132 e. The van der Waals surface area contributed by atoms with E-state index >= 15 is 0 Å². The fourth-order valence-corrected chi connectivity index (χ4v) is 5.11. The molecule has 1 atom stereocenters. The molecule has 3 N–H and O–H groups in total. The number of ether oxygens (including phenoxy) is 1. The number of hydrogen-bond acceptors (Lipinski definition) is 3. The van der Waals surface area contributed by atoms with Gasteiger partial charge >= 0.3 is 0 Å². The van der Waals surface area contributed by atoms with Gasteiger partial charge in [-0.3, -0.25) is 0 Å². The molecule has 1 aromatic heterocycles. The Kier molecular flexibility index (Phi) is 2.93. The van der Waals surface area contributed by atoms with E-state index in [4.69, 9.17) is 10.5 Å². The molecule has 4 aliphatic rings. The Labute approximate surface area is 120 Å². The first-order chi connectivity index (χ1) is 9.62. The Hall–Kier alpha value is -0.870. The number of imidazole rings is 1. The summed E-state index contributed by atoms with van der Waals surface area (Å²) in [6.45, 7) is 2.58. The highest BCUT2D eigenvalue weighted by Gasteiger charge is 2.51. The van der Waals surface area contributed by atoms with Crippen molar-refractivity contribution in [3.8, 4) is 0 Å². The van der Waals surface area contributed by atoms with Crippen molar-refractivity contribution in [1.29, 1.82) is 0 Å². The van der Waals surface area contributed by atoms with Gasteiger partial charge in [0.25, 0.3) is 0 Å².